The summed E-state index contributed by atoms with van der Waals surface area (Å²) < 4.78 is 0. The highest BCUT2D eigenvalue weighted by Gasteiger charge is 2.49. The van der Waals surface area contributed by atoms with E-state index in [2.05, 4.69) is 5.32 Å². The van der Waals surface area contributed by atoms with Crippen LogP contribution in [-0.4, -0.2) is 17.7 Å². The van der Waals surface area contributed by atoms with E-state index in [-0.39, 0.29) is 34.9 Å². The minimum Gasteiger partial charge on any atom is -0.321 e. The lowest BCUT2D eigenvalue weighted by Crippen LogP contribution is -2.33. The molecule has 1 aliphatic heterocycles. The normalized spacial score (nSPS) is 21.1. The zero-order chi connectivity index (χ0) is 20.7. The third kappa shape index (κ3) is 3.56. The average molecular weight is 429 g/mol. The van der Waals surface area contributed by atoms with Crippen molar-refractivity contribution in [2.24, 2.45) is 11.8 Å². The highest BCUT2D eigenvalue weighted by atomic mass is 35.5. The minimum absolute atomic E-state index is 0.216. The van der Waals surface area contributed by atoms with Gasteiger partial charge in [-0.15, -0.1) is 0 Å². The van der Waals surface area contributed by atoms with Gasteiger partial charge in [0.2, 0.25) is 11.8 Å². The number of nitrogens with one attached hydrogen (secondary N) is 1. The van der Waals surface area contributed by atoms with Gasteiger partial charge in [-0.2, -0.15) is 0 Å². The standard InChI is InChI=1S/C22H18Cl2N2O3/c1-12-6-8-14-16(10-12)22(29)26(21(14)28)19-5-3-2-4-15(19)20(27)25-18-11-13(23)7-9-17(18)24/h2-7,9,11,14,16H,8,10H2,1H3,(H,25,27)/t14-,16-/m0/s1. The molecule has 1 fully saturated rings. The van der Waals surface area contributed by atoms with Crippen molar-refractivity contribution >= 4 is 52.3 Å². The molecule has 0 aromatic heterocycles. The highest BCUT2D eigenvalue weighted by molar-refractivity contribution is 6.36. The average Bonchev–Trinajstić information content (AvgIpc) is 2.94. The predicted molar refractivity (Wildman–Crippen MR) is 113 cm³/mol. The lowest BCUT2D eigenvalue weighted by molar-refractivity contribution is -0.122. The van der Waals surface area contributed by atoms with Crippen LogP contribution < -0.4 is 10.2 Å². The molecule has 4 rings (SSSR count). The molecule has 2 aliphatic rings. The third-order valence-electron chi connectivity index (χ3n) is 5.39. The number of hydrogen-bond donors (Lipinski definition) is 1. The molecule has 2 aromatic carbocycles. The Balaban J connectivity index is 1.67. The monoisotopic (exact) mass is 428 g/mol. The van der Waals surface area contributed by atoms with Crippen LogP contribution in [0.1, 0.15) is 30.1 Å². The van der Waals surface area contributed by atoms with Crippen molar-refractivity contribution in [3.05, 3.63) is 69.7 Å². The molecule has 1 heterocycles. The summed E-state index contributed by atoms with van der Waals surface area (Å²) in [5, 5.41) is 3.48. The number of carbonyl (C=O) groups excluding carboxylic acids is 3. The van der Waals surface area contributed by atoms with Crippen LogP contribution in [0.25, 0.3) is 0 Å². The zero-order valence-corrected chi connectivity index (χ0v) is 17.1. The molecule has 29 heavy (non-hydrogen) atoms. The summed E-state index contributed by atoms with van der Waals surface area (Å²) in [5.74, 6) is -1.73. The van der Waals surface area contributed by atoms with Gasteiger partial charge in [0, 0.05) is 5.02 Å². The SMILES string of the molecule is CC1=CC[C@@H]2C(=O)N(c3ccccc3C(=O)Nc3cc(Cl)ccc3Cl)C(=O)[C@H]2C1. The molecule has 0 saturated carbocycles. The summed E-state index contributed by atoms with van der Waals surface area (Å²) in [6.07, 6.45) is 3.12. The van der Waals surface area contributed by atoms with Crippen LogP contribution in [0.4, 0.5) is 11.4 Å². The van der Waals surface area contributed by atoms with Gasteiger partial charge in [-0.3, -0.25) is 14.4 Å². The van der Waals surface area contributed by atoms with Gasteiger partial charge in [-0.25, -0.2) is 4.90 Å². The lowest BCUT2D eigenvalue weighted by Gasteiger charge is -2.19. The zero-order valence-electron chi connectivity index (χ0n) is 15.6. The molecule has 2 aromatic rings. The first-order chi connectivity index (χ1) is 13.9. The Morgan fingerprint density at radius 3 is 2.59 bits per heavy atom. The smallest absolute Gasteiger partial charge is 0.257 e. The van der Waals surface area contributed by atoms with Crippen molar-refractivity contribution in [1.82, 2.24) is 0 Å². The van der Waals surface area contributed by atoms with E-state index in [0.717, 1.165) is 10.5 Å². The van der Waals surface area contributed by atoms with E-state index in [1.165, 1.54) is 0 Å². The summed E-state index contributed by atoms with van der Waals surface area (Å²) in [7, 11) is 0. The maximum atomic E-state index is 13.0. The molecular weight excluding hydrogens is 411 g/mol. The first-order valence-corrected chi connectivity index (χ1v) is 10.0. The Morgan fingerprint density at radius 1 is 1.07 bits per heavy atom. The topological polar surface area (TPSA) is 66.5 Å². The van der Waals surface area contributed by atoms with Crippen molar-refractivity contribution in [2.45, 2.75) is 19.8 Å². The summed E-state index contributed by atoms with van der Waals surface area (Å²) >= 11 is 12.1. The molecule has 1 aliphatic carbocycles. The molecule has 1 saturated heterocycles. The van der Waals surface area contributed by atoms with E-state index >= 15 is 0 Å². The first kappa shape index (κ1) is 19.7. The van der Waals surface area contributed by atoms with Crippen molar-refractivity contribution in [2.75, 3.05) is 10.2 Å². The Morgan fingerprint density at radius 2 is 1.79 bits per heavy atom. The Bertz CT molecular complexity index is 1060. The summed E-state index contributed by atoms with van der Waals surface area (Å²) in [6.45, 7) is 1.97. The second kappa shape index (κ2) is 7.65. The van der Waals surface area contributed by atoms with E-state index in [1.54, 1.807) is 42.5 Å². The van der Waals surface area contributed by atoms with Gasteiger partial charge in [0.25, 0.3) is 5.91 Å². The number of nitrogens with zero attached hydrogens (tertiary/aromatic N) is 1. The molecule has 0 bridgehead atoms. The largest absolute Gasteiger partial charge is 0.321 e. The van der Waals surface area contributed by atoms with E-state index < -0.39 is 5.91 Å². The maximum Gasteiger partial charge on any atom is 0.257 e. The second-order valence-electron chi connectivity index (χ2n) is 7.31. The van der Waals surface area contributed by atoms with Gasteiger partial charge in [0.15, 0.2) is 0 Å². The van der Waals surface area contributed by atoms with Gasteiger partial charge in [0.05, 0.1) is 33.8 Å². The van der Waals surface area contributed by atoms with Gasteiger partial charge in [-0.1, -0.05) is 47.0 Å². The predicted octanol–water partition coefficient (Wildman–Crippen LogP) is 5.09. The number of allylic oxidation sites excluding steroid dienone is 2. The van der Waals surface area contributed by atoms with Crippen molar-refractivity contribution < 1.29 is 14.4 Å². The fraction of sp³-hybridized carbons (Fsp3) is 0.227. The number of imide groups is 1. The van der Waals surface area contributed by atoms with Crippen LogP contribution >= 0.6 is 23.2 Å². The molecule has 0 radical (unpaired) electrons. The Labute approximate surface area is 178 Å². The molecule has 0 unspecified atom stereocenters. The van der Waals surface area contributed by atoms with Crippen LogP contribution in [0.15, 0.2) is 54.1 Å². The fourth-order valence-electron chi connectivity index (χ4n) is 3.92. The molecule has 3 amide bonds. The van der Waals surface area contributed by atoms with Crippen LogP contribution in [-0.2, 0) is 9.59 Å². The lowest BCUT2D eigenvalue weighted by atomic mass is 9.82. The molecule has 1 N–H and O–H groups in total. The van der Waals surface area contributed by atoms with E-state index in [0.29, 0.717) is 28.6 Å². The van der Waals surface area contributed by atoms with Crippen molar-refractivity contribution in [1.29, 1.82) is 0 Å². The number of rotatable bonds is 3. The van der Waals surface area contributed by atoms with Crippen LogP contribution in [0.5, 0.6) is 0 Å². The number of amides is 3. The van der Waals surface area contributed by atoms with Crippen molar-refractivity contribution in [3.8, 4) is 0 Å². The van der Waals surface area contributed by atoms with Crippen molar-refractivity contribution in [3.63, 3.8) is 0 Å². The number of fused-ring (bicyclic) bond motifs is 1. The molecule has 0 spiro atoms. The number of benzene rings is 2. The van der Waals surface area contributed by atoms with Gasteiger partial charge < -0.3 is 5.32 Å². The number of hydrogen-bond acceptors (Lipinski definition) is 3. The minimum atomic E-state index is -0.477. The first-order valence-electron chi connectivity index (χ1n) is 9.25. The fourth-order valence-corrected chi connectivity index (χ4v) is 4.26. The molecule has 2 atom stereocenters. The Kier molecular flexibility index (Phi) is 5.19. The Hall–Kier alpha value is -2.63. The van der Waals surface area contributed by atoms with E-state index in [9.17, 15) is 14.4 Å². The molecule has 5 nitrogen and oxygen atoms in total. The molecule has 7 heteroatoms. The van der Waals surface area contributed by atoms with E-state index in [1.807, 2.05) is 13.0 Å². The van der Waals surface area contributed by atoms with Gasteiger partial charge in [-0.05, 0) is 50.1 Å². The number of halogens is 2. The third-order valence-corrected chi connectivity index (χ3v) is 5.95. The van der Waals surface area contributed by atoms with Crippen LogP contribution in [0.3, 0.4) is 0 Å². The van der Waals surface area contributed by atoms with Crippen LogP contribution in [0.2, 0.25) is 10.0 Å². The molecular formula is C22H18Cl2N2O3. The number of para-hydroxylation sites is 1. The second-order valence-corrected chi connectivity index (χ2v) is 8.15. The summed E-state index contributed by atoms with van der Waals surface area (Å²) in [4.78, 5) is 40.2. The van der Waals surface area contributed by atoms with E-state index in [4.69, 9.17) is 23.2 Å². The summed E-state index contributed by atoms with van der Waals surface area (Å²) in [6, 6.07) is 11.3. The number of carbonyl (C=O) groups is 3. The highest BCUT2D eigenvalue weighted by Crippen LogP contribution is 2.40. The molecule has 148 valence electrons. The van der Waals surface area contributed by atoms with Gasteiger partial charge >= 0.3 is 0 Å². The maximum absolute atomic E-state index is 13.0. The summed E-state index contributed by atoms with van der Waals surface area (Å²) in [5.41, 5.74) is 1.96. The van der Waals surface area contributed by atoms with Crippen LogP contribution in [0, 0.1) is 11.8 Å². The number of anilines is 2. The quantitative estimate of drug-likeness (QED) is 0.546. The van der Waals surface area contributed by atoms with Gasteiger partial charge in [0.1, 0.15) is 0 Å².